The molecule has 2 aromatic carbocycles. The highest BCUT2D eigenvalue weighted by Gasteiger charge is 2.27. The number of nitrogens with zero attached hydrogens (tertiary/aromatic N) is 1. The predicted molar refractivity (Wildman–Crippen MR) is 143 cm³/mol. The summed E-state index contributed by atoms with van der Waals surface area (Å²) >= 11 is 0. The van der Waals surface area contributed by atoms with Crippen LogP contribution in [0.5, 0.6) is 11.5 Å². The molecule has 3 rings (SSSR count). The number of nitrogens with one attached hydrogen (secondary N) is 2. The van der Waals surface area contributed by atoms with Crippen molar-refractivity contribution in [3.05, 3.63) is 54.6 Å². The van der Waals surface area contributed by atoms with Gasteiger partial charge in [-0.05, 0) is 62.1 Å². The molecule has 0 atom stereocenters. The summed E-state index contributed by atoms with van der Waals surface area (Å²) in [6, 6.07) is 16.6. The quantitative estimate of drug-likeness (QED) is 0.358. The summed E-state index contributed by atoms with van der Waals surface area (Å²) in [4.78, 5) is 39.1. The van der Waals surface area contributed by atoms with Gasteiger partial charge in [0, 0.05) is 57.3 Å². The van der Waals surface area contributed by atoms with E-state index in [0.29, 0.717) is 50.5 Å². The molecule has 0 unspecified atom stereocenters. The van der Waals surface area contributed by atoms with Crippen LogP contribution in [0.3, 0.4) is 0 Å². The van der Waals surface area contributed by atoms with E-state index in [0.717, 1.165) is 31.6 Å². The van der Waals surface area contributed by atoms with Crippen molar-refractivity contribution in [2.24, 2.45) is 5.92 Å². The Morgan fingerprint density at radius 2 is 1.57 bits per heavy atom. The minimum Gasteiger partial charge on any atom is -0.457 e. The Labute approximate surface area is 219 Å². The van der Waals surface area contributed by atoms with Gasteiger partial charge in [-0.1, -0.05) is 31.5 Å². The standard InChI is InChI=1S/C29H39N3O5/c1-2-3-21-36-22-7-18-30-29(35)23-16-19-32(20-17-23)28(34)15-14-27(33)31-24-10-12-26(13-11-24)37-25-8-5-4-6-9-25/h4-6,8-13,23H,2-3,7,14-22H2,1H3,(H,30,35)(H,31,33). The molecule has 0 radical (unpaired) electrons. The van der Waals surface area contributed by atoms with E-state index < -0.39 is 0 Å². The maximum absolute atomic E-state index is 12.6. The van der Waals surface area contributed by atoms with Crippen molar-refractivity contribution >= 4 is 23.4 Å². The SMILES string of the molecule is CCCCOCCCNC(=O)C1CCN(C(=O)CCC(=O)Nc2ccc(Oc3ccccc3)cc2)CC1. The van der Waals surface area contributed by atoms with E-state index in [9.17, 15) is 14.4 Å². The number of para-hydroxylation sites is 1. The summed E-state index contributed by atoms with van der Waals surface area (Å²) in [5.74, 6) is 1.14. The Morgan fingerprint density at radius 1 is 0.892 bits per heavy atom. The summed E-state index contributed by atoms with van der Waals surface area (Å²) in [5.41, 5.74) is 0.650. The van der Waals surface area contributed by atoms with E-state index in [2.05, 4.69) is 17.6 Å². The summed E-state index contributed by atoms with van der Waals surface area (Å²) < 4.78 is 11.3. The minimum atomic E-state index is -0.210. The van der Waals surface area contributed by atoms with Crippen LogP contribution in [0.15, 0.2) is 54.6 Å². The molecule has 0 saturated carbocycles. The third-order valence-electron chi connectivity index (χ3n) is 6.31. The smallest absolute Gasteiger partial charge is 0.224 e. The molecule has 0 aromatic heterocycles. The van der Waals surface area contributed by atoms with Crippen molar-refractivity contribution in [1.82, 2.24) is 10.2 Å². The van der Waals surface area contributed by atoms with E-state index in [1.54, 1.807) is 29.2 Å². The zero-order valence-corrected chi connectivity index (χ0v) is 21.7. The van der Waals surface area contributed by atoms with Crippen molar-refractivity contribution < 1.29 is 23.9 Å². The van der Waals surface area contributed by atoms with Gasteiger partial charge in [-0.2, -0.15) is 0 Å². The van der Waals surface area contributed by atoms with E-state index in [1.165, 1.54) is 0 Å². The molecule has 1 heterocycles. The average Bonchev–Trinajstić information content (AvgIpc) is 2.93. The Kier molecular flexibility index (Phi) is 11.9. The number of hydrogen-bond acceptors (Lipinski definition) is 5. The number of ether oxygens (including phenoxy) is 2. The number of hydrogen-bond donors (Lipinski definition) is 2. The normalized spacial score (nSPS) is 13.7. The molecule has 3 amide bonds. The zero-order chi connectivity index (χ0) is 26.3. The number of amides is 3. The van der Waals surface area contributed by atoms with Gasteiger partial charge < -0.3 is 25.0 Å². The third-order valence-corrected chi connectivity index (χ3v) is 6.31. The number of carbonyl (C=O) groups is 3. The van der Waals surface area contributed by atoms with Crippen LogP contribution in [0.4, 0.5) is 5.69 Å². The minimum absolute atomic E-state index is 0.0511. The number of piperidine rings is 1. The molecule has 8 nitrogen and oxygen atoms in total. The number of likely N-dealkylation sites (tertiary alicyclic amines) is 1. The molecule has 8 heteroatoms. The van der Waals surface area contributed by atoms with Gasteiger partial charge in [-0.25, -0.2) is 0 Å². The molecule has 1 saturated heterocycles. The Hall–Kier alpha value is -3.39. The molecule has 2 aromatic rings. The molecule has 200 valence electrons. The number of anilines is 1. The zero-order valence-electron chi connectivity index (χ0n) is 21.7. The number of benzene rings is 2. The molecule has 1 aliphatic heterocycles. The maximum Gasteiger partial charge on any atom is 0.224 e. The summed E-state index contributed by atoms with van der Waals surface area (Å²) in [5, 5.41) is 5.81. The van der Waals surface area contributed by atoms with Crippen LogP contribution in [0, 0.1) is 5.92 Å². The van der Waals surface area contributed by atoms with Gasteiger partial charge >= 0.3 is 0 Å². The molecule has 1 aliphatic rings. The first-order chi connectivity index (χ1) is 18.0. The van der Waals surface area contributed by atoms with Crippen molar-refractivity contribution in [2.75, 3.05) is 38.2 Å². The van der Waals surface area contributed by atoms with Crippen LogP contribution in [-0.4, -0.2) is 55.5 Å². The van der Waals surface area contributed by atoms with Crippen LogP contribution in [0.25, 0.3) is 0 Å². The monoisotopic (exact) mass is 509 g/mol. The first-order valence-corrected chi connectivity index (χ1v) is 13.3. The molecular weight excluding hydrogens is 470 g/mol. The number of carbonyl (C=O) groups excluding carboxylic acids is 3. The summed E-state index contributed by atoms with van der Waals surface area (Å²) in [7, 11) is 0. The van der Waals surface area contributed by atoms with Crippen molar-refractivity contribution in [3.8, 4) is 11.5 Å². The lowest BCUT2D eigenvalue weighted by molar-refractivity contribution is -0.136. The van der Waals surface area contributed by atoms with Crippen molar-refractivity contribution in [2.45, 2.75) is 51.9 Å². The van der Waals surface area contributed by atoms with E-state index in [4.69, 9.17) is 9.47 Å². The van der Waals surface area contributed by atoms with Gasteiger partial charge in [0.1, 0.15) is 11.5 Å². The average molecular weight is 510 g/mol. The second-order valence-electron chi connectivity index (χ2n) is 9.25. The second kappa shape index (κ2) is 15.7. The summed E-state index contributed by atoms with van der Waals surface area (Å²) in [6.45, 7) is 5.26. The van der Waals surface area contributed by atoms with Crippen LogP contribution in [-0.2, 0) is 19.1 Å². The number of unbranched alkanes of at least 4 members (excludes halogenated alkanes) is 1. The van der Waals surface area contributed by atoms with Gasteiger partial charge in [-0.3, -0.25) is 14.4 Å². The molecular formula is C29H39N3O5. The van der Waals surface area contributed by atoms with Crippen molar-refractivity contribution in [3.63, 3.8) is 0 Å². The van der Waals surface area contributed by atoms with Gasteiger partial charge in [0.25, 0.3) is 0 Å². The Morgan fingerprint density at radius 3 is 2.27 bits per heavy atom. The van der Waals surface area contributed by atoms with E-state index in [1.807, 2.05) is 30.3 Å². The maximum atomic E-state index is 12.6. The largest absolute Gasteiger partial charge is 0.457 e. The number of rotatable bonds is 14. The van der Waals surface area contributed by atoms with Gasteiger partial charge in [0.05, 0.1) is 0 Å². The van der Waals surface area contributed by atoms with Gasteiger partial charge in [0.15, 0.2) is 0 Å². The molecule has 0 bridgehead atoms. The third kappa shape index (κ3) is 10.2. The lowest BCUT2D eigenvalue weighted by Crippen LogP contribution is -2.43. The van der Waals surface area contributed by atoms with Gasteiger partial charge in [-0.15, -0.1) is 0 Å². The Bertz CT molecular complexity index is 973. The highest BCUT2D eigenvalue weighted by Crippen LogP contribution is 2.23. The fraction of sp³-hybridized carbons (Fsp3) is 0.483. The second-order valence-corrected chi connectivity index (χ2v) is 9.25. The lowest BCUT2D eigenvalue weighted by atomic mass is 9.95. The van der Waals surface area contributed by atoms with Crippen LogP contribution < -0.4 is 15.4 Å². The molecule has 37 heavy (non-hydrogen) atoms. The molecule has 0 spiro atoms. The van der Waals surface area contributed by atoms with E-state index in [-0.39, 0.29) is 36.5 Å². The molecule has 0 aliphatic carbocycles. The van der Waals surface area contributed by atoms with Crippen molar-refractivity contribution in [1.29, 1.82) is 0 Å². The topological polar surface area (TPSA) is 97.0 Å². The summed E-state index contributed by atoms with van der Waals surface area (Å²) in [6.07, 6.45) is 4.54. The van der Waals surface area contributed by atoms with Crippen LogP contribution in [0.2, 0.25) is 0 Å². The van der Waals surface area contributed by atoms with E-state index >= 15 is 0 Å². The van der Waals surface area contributed by atoms with Gasteiger partial charge in [0.2, 0.25) is 17.7 Å². The Balaban J connectivity index is 1.29. The first kappa shape index (κ1) is 28.2. The predicted octanol–water partition coefficient (Wildman–Crippen LogP) is 4.76. The molecule has 1 fully saturated rings. The first-order valence-electron chi connectivity index (χ1n) is 13.3. The lowest BCUT2D eigenvalue weighted by Gasteiger charge is -2.31. The highest BCUT2D eigenvalue weighted by atomic mass is 16.5. The van der Waals surface area contributed by atoms with Crippen LogP contribution in [0.1, 0.15) is 51.9 Å². The fourth-order valence-electron chi connectivity index (χ4n) is 4.10. The fourth-order valence-corrected chi connectivity index (χ4v) is 4.10. The van der Waals surface area contributed by atoms with Crippen LogP contribution >= 0.6 is 0 Å². The molecule has 2 N–H and O–H groups in total. The highest BCUT2D eigenvalue weighted by molar-refractivity contribution is 5.93.